The summed E-state index contributed by atoms with van der Waals surface area (Å²) in [5, 5.41) is 9.03. The van der Waals surface area contributed by atoms with Crippen molar-refractivity contribution in [2.45, 2.75) is 41.5 Å². The number of halogens is 2. The molecule has 0 radical (unpaired) electrons. The summed E-state index contributed by atoms with van der Waals surface area (Å²) in [5.74, 6) is 1.73. The average molecular weight is 722 g/mol. The number of hydrogen-bond acceptors (Lipinski definition) is 6. The van der Waals surface area contributed by atoms with Gasteiger partial charge in [-0.3, -0.25) is 0 Å². The van der Waals surface area contributed by atoms with Gasteiger partial charge in [0, 0.05) is 75.5 Å². The predicted molar refractivity (Wildman–Crippen MR) is 151 cm³/mol. The summed E-state index contributed by atoms with van der Waals surface area (Å²) in [6.07, 6.45) is 3.63. The summed E-state index contributed by atoms with van der Waals surface area (Å²) in [4.78, 5) is 12.9. The van der Waals surface area contributed by atoms with Gasteiger partial charge in [0.15, 0.2) is 11.6 Å². The third-order valence-corrected chi connectivity index (χ3v) is 6.23. The Bertz CT molecular complexity index is 1210. The number of aryl methyl sites for hydroxylation is 2. The molecule has 0 aliphatic rings. The summed E-state index contributed by atoms with van der Waals surface area (Å²) in [7, 11) is 17.9. The van der Waals surface area contributed by atoms with E-state index in [0.717, 1.165) is 45.8 Å². The number of anilines is 2. The van der Waals surface area contributed by atoms with Gasteiger partial charge in [0.25, 0.3) is 0 Å². The van der Waals surface area contributed by atoms with Crippen molar-refractivity contribution in [2.24, 2.45) is 0 Å². The van der Waals surface area contributed by atoms with Crippen LogP contribution in [0.2, 0.25) is 0 Å². The molecule has 0 aliphatic heterocycles. The van der Waals surface area contributed by atoms with Crippen LogP contribution in [0.25, 0.3) is 11.6 Å². The van der Waals surface area contributed by atoms with Gasteiger partial charge in [0.2, 0.25) is 0 Å². The van der Waals surface area contributed by atoms with Crippen LogP contribution in [0.3, 0.4) is 0 Å². The molecule has 0 N–H and O–H groups in total. The second-order valence-corrected chi connectivity index (χ2v) is 12.7. The predicted octanol–water partition coefficient (Wildman–Crippen LogP) is 5.89. The van der Waals surface area contributed by atoms with Crippen LogP contribution in [0, 0.1) is 41.5 Å². The molecule has 4 heterocycles. The topological polar surface area (TPSA) is 67.9 Å². The van der Waals surface area contributed by atoms with Crippen molar-refractivity contribution in [3.63, 3.8) is 0 Å². The molecule has 0 spiro atoms. The van der Waals surface area contributed by atoms with Crippen molar-refractivity contribution in [3.8, 4) is 11.6 Å². The Hall–Kier alpha value is -2.46. The first kappa shape index (κ1) is 30.8. The van der Waals surface area contributed by atoms with Crippen LogP contribution >= 0.6 is 19.3 Å². The molecular weight excluding hydrogens is 685 g/mol. The molecule has 0 unspecified atom stereocenters. The SMILES string of the molecule is Cc1nn(-c2cc(N(C)C)ccn2)c(C)c1C.Cc1nn(-c2cc(N(C)C)ccn2)c(C)c1C.[Cl][Os][Cl]. The molecule has 202 valence electrons. The monoisotopic (exact) mass is 722 g/mol. The molecule has 0 amide bonds. The molecule has 0 aromatic carbocycles. The zero-order valence-electron chi connectivity index (χ0n) is 23.2. The zero-order valence-corrected chi connectivity index (χ0v) is 27.2. The van der Waals surface area contributed by atoms with Gasteiger partial charge in [-0.05, 0) is 64.8 Å². The fourth-order valence-corrected chi connectivity index (χ4v) is 3.49. The zero-order chi connectivity index (χ0) is 27.9. The molecule has 0 saturated carbocycles. The molecule has 8 nitrogen and oxygen atoms in total. The number of nitrogens with zero attached hydrogens (tertiary/aromatic N) is 8. The van der Waals surface area contributed by atoms with E-state index in [2.05, 4.69) is 57.7 Å². The van der Waals surface area contributed by atoms with Crippen molar-refractivity contribution < 1.29 is 15.4 Å². The first-order chi connectivity index (χ1) is 17.4. The Morgan fingerprint density at radius 1 is 0.649 bits per heavy atom. The molecule has 0 bridgehead atoms. The summed E-state index contributed by atoms with van der Waals surface area (Å²) >= 11 is -0.639. The maximum atomic E-state index is 4.90. The van der Waals surface area contributed by atoms with E-state index in [1.54, 1.807) is 0 Å². The Kier molecular flexibility index (Phi) is 11.6. The molecule has 0 atom stereocenters. The standard InChI is InChI=1S/2C13H18N4.2ClH.Os/c2*1-9-10(2)15-17(11(9)3)13-8-12(16(4)5)6-7-14-13;;;/h2*6-8H,1-5H3;2*1H;/q;;;;+2/p-2. The molecule has 0 fully saturated rings. The maximum absolute atomic E-state index is 4.90. The molecule has 37 heavy (non-hydrogen) atoms. The second kappa shape index (κ2) is 13.9. The fraction of sp³-hybridized carbons (Fsp3) is 0.385. The van der Waals surface area contributed by atoms with Gasteiger partial charge < -0.3 is 9.80 Å². The third-order valence-electron chi connectivity index (χ3n) is 6.23. The van der Waals surface area contributed by atoms with Crippen LogP contribution in [0.4, 0.5) is 11.4 Å². The van der Waals surface area contributed by atoms with E-state index in [0.29, 0.717) is 0 Å². The van der Waals surface area contributed by atoms with Gasteiger partial charge in [0.1, 0.15) is 0 Å². The van der Waals surface area contributed by atoms with E-state index in [4.69, 9.17) is 19.3 Å². The summed E-state index contributed by atoms with van der Waals surface area (Å²) in [6, 6.07) is 8.06. The summed E-state index contributed by atoms with van der Waals surface area (Å²) in [6.45, 7) is 12.4. The van der Waals surface area contributed by atoms with E-state index >= 15 is 0 Å². The van der Waals surface area contributed by atoms with Crippen molar-refractivity contribution in [2.75, 3.05) is 38.0 Å². The van der Waals surface area contributed by atoms with Crippen LogP contribution in [0.5, 0.6) is 0 Å². The van der Waals surface area contributed by atoms with E-state index < -0.39 is 15.4 Å². The van der Waals surface area contributed by atoms with Gasteiger partial charge in [0.05, 0.1) is 11.4 Å². The molecule has 11 heteroatoms. The van der Waals surface area contributed by atoms with Crippen molar-refractivity contribution in [1.82, 2.24) is 29.5 Å². The van der Waals surface area contributed by atoms with Crippen LogP contribution < -0.4 is 9.80 Å². The van der Waals surface area contributed by atoms with Crippen LogP contribution in [0.15, 0.2) is 36.7 Å². The molecule has 4 rings (SSSR count). The van der Waals surface area contributed by atoms with Gasteiger partial charge in [-0.1, -0.05) is 0 Å². The van der Waals surface area contributed by atoms with E-state index in [1.807, 2.05) is 88.1 Å². The van der Waals surface area contributed by atoms with Crippen molar-refractivity contribution in [1.29, 1.82) is 0 Å². The minimum absolute atomic E-state index is 0.639. The third kappa shape index (κ3) is 7.77. The molecule has 4 aromatic rings. The summed E-state index contributed by atoms with van der Waals surface area (Å²) in [5.41, 5.74) is 9.10. The van der Waals surface area contributed by atoms with Gasteiger partial charge in [-0.25, -0.2) is 19.3 Å². The quantitative estimate of drug-likeness (QED) is 0.262. The van der Waals surface area contributed by atoms with Crippen LogP contribution in [0.1, 0.15) is 33.9 Å². The number of pyridine rings is 2. The Labute approximate surface area is 236 Å². The van der Waals surface area contributed by atoms with E-state index in [1.165, 1.54) is 11.1 Å². The van der Waals surface area contributed by atoms with Crippen molar-refractivity contribution in [3.05, 3.63) is 70.6 Å². The molecule has 0 aliphatic carbocycles. The minimum atomic E-state index is -0.639. The summed E-state index contributed by atoms with van der Waals surface area (Å²) < 4.78 is 3.80. The Morgan fingerprint density at radius 3 is 1.22 bits per heavy atom. The molecule has 0 saturated heterocycles. The second-order valence-electron chi connectivity index (χ2n) is 9.00. The molecule has 4 aromatic heterocycles. The number of rotatable bonds is 4. The average Bonchev–Trinajstić information content (AvgIpc) is 3.29. The number of aromatic nitrogens is 6. The Morgan fingerprint density at radius 2 is 0.973 bits per heavy atom. The van der Waals surface area contributed by atoms with Crippen LogP contribution in [-0.4, -0.2) is 57.7 Å². The van der Waals surface area contributed by atoms with Gasteiger partial charge in [-0.15, -0.1) is 0 Å². The van der Waals surface area contributed by atoms with E-state index in [9.17, 15) is 0 Å². The molecular formula is C26H36Cl2N8Os. The Balaban J connectivity index is 0.000000235. The first-order valence-electron chi connectivity index (χ1n) is 11.6. The normalized spacial score (nSPS) is 10.4. The van der Waals surface area contributed by atoms with Gasteiger partial charge in [-0.2, -0.15) is 10.2 Å². The van der Waals surface area contributed by atoms with Crippen molar-refractivity contribution >= 4 is 30.6 Å². The van der Waals surface area contributed by atoms with Gasteiger partial charge >= 0.3 is 34.7 Å². The number of hydrogen-bond donors (Lipinski definition) is 0. The van der Waals surface area contributed by atoms with E-state index in [-0.39, 0.29) is 0 Å². The fourth-order valence-electron chi connectivity index (χ4n) is 3.49. The first-order valence-corrected chi connectivity index (χ1v) is 17.9. The van der Waals surface area contributed by atoms with Crippen LogP contribution in [-0.2, 0) is 15.4 Å².